The molecule has 1 aromatic heterocycles. The highest BCUT2D eigenvalue weighted by atomic mass is 15.1. The Balaban J connectivity index is 2.14. The summed E-state index contributed by atoms with van der Waals surface area (Å²) in [5.41, 5.74) is 7.59. The Morgan fingerprint density at radius 3 is 2.35 bits per heavy atom. The Morgan fingerprint density at radius 1 is 1.12 bits per heavy atom. The van der Waals surface area contributed by atoms with Gasteiger partial charge in [0.1, 0.15) is 5.82 Å². The zero-order valence-corrected chi connectivity index (χ0v) is 9.87. The van der Waals surface area contributed by atoms with Crippen molar-refractivity contribution in [2.45, 2.75) is 13.5 Å². The van der Waals surface area contributed by atoms with Crippen LogP contribution >= 0.6 is 0 Å². The Bertz CT molecular complexity index is 453. The summed E-state index contributed by atoms with van der Waals surface area (Å²) in [6, 6.07) is 9.67. The van der Waals surface area contributed by atoms with Crippen molar-refractivity contribution in [1.29, 1.82) is 0 Å². The van der Waals surface area contributed by atoms with Gasteiger partial charge in [0.2, 0.25) is 0 Å². The van der Waals surface area contributed by atoms with Gasteiger partial charge in [-0.2, -0.15) is 0 Å². The van der Waals surface area contributed by atoms with Crippen LogP contribution in [-0.4, -0.2) is 16.5 Å². The summed E-state index contributed by atoms with van der Waals surface area (Å²) < 4.78 is 0. The SMILES string of the molecule is CCN(Cc1ncccn1)c1ccc(N)cc1. The molecule has 0 aliphatic heterocycles. The molecule has 0 bridgehead atoms. The third kappa shape index (κ3) is 2.93. The Morgan fingerprint density at radius 2 is 1.76 bits per heavy atom. The van der Waals surface area contributed by atoms with Crippen molar-refractivity contribution in [3.8, 4) is 0 Å². The van der Waals surface area contributed by atoms with E-state index in [9.17, 15) is 0 Å². The second-order valence-corrected chi connectivity index (χ2v) is 3.77. The molecule has 0 atom stereocenters. The molecule has 0 saturated heterocycles. The summed E-state index contributed by atoms with van der Waals surface area (Å²) >= 11 is 0. The van der Waals surface area contributed by atoms with Gasteiger partial charge in [-0.15, -0.1) is 0 Å². The van der Waals surface area contributed by atoms with E-state index in [0.717, 1.165) is 23.7 Å². The van der Waals surface area contributed by atoms with Crippen LogP contribution in [0.25, 0.3) is 0 Å². The van der Waals surface area contributed by atoms with Crippen molar-refractivity contribution in [2.75, 3.05) is 17.2 Å². The minimum atomic E-state index is 0.710. The Kier molecular flexibility index (Phi) is 3.55. The lowest BCUT2D eigenvalue weighted by Crippen LogP contribution is -2.23. The lowest BCUT2D eigenvalue weighted by Gasteiger charge is -2.22. The largest absolute Gasteiger partial charge is 0.399 e. The number of hydrogen-bond acceptors (Lipinski definition) is 4. The van der Waals surface area contributed by atoms with Gasteiger partial charge < -0.3 is 10.6 Å². The molecule has 88 valence electrons. The summed E-state index contributed by atoms with van der Waals surface area (Å²) in [6.07, 6.45) is 3.53. The van der Waals surface area contributed by atoms with Gasteiger partial charge in [-0.05, 0) is 37.3 Å². The topological polar surface area (TPSA) is 55.0 Å². The molecule has 0 unspecified atom stereocenters. The number of nitrogens with zero attached hydrogens (tertiary/aromatic N) is 3. The molecule has 0 saturated carbocycles. The van der Waals surface area contributed by atoms with Gasteiger partial charge in [-0.3, -0.25) is 0 Å². The van der Waals surface area contributed by atoms with Gasteiger partial charge in [0.15, 0.2) is 0 Å². The van der Waals surface area contributed by atoms with E-state index in [2.05, 4.69) is 21.8 Å². The van der Waals surface area contributed by atoms with Crippen molar-refractivity contribution in [1.82, 2.24) is 9.97 Å². The van der Waals surface area contributed by atoms with Gasteiger partial charge in [-0.1, -0.05) is 0 Å². The zero-order chi connectivity index (χ0) is 12.1. The van der Waals surface area contributed by atoms with E-state index in [-0.39, 0.29) is 0 Å². The first kappa shape index (κ1) is 11.4. The molecule has 4 nitrogen and oxygen atoms in total. The number of aromatic nitrogens is 2. The number of nitrogens with two attached hydrogens (primary N) is 1. The fraction of sp³-hybridized carbons (Fsp3) is 0.231. The molecule has 2 N–H and O–H groups in total. The molecule has 2 aromatic rings. The normalized spacial score (nSPS) is 10.2. The number of anilines is 2. The van der Waals surface area contributed by atoms with Crippen LogP contribution in [0.5, 0.6) is 0 Å². The van der Waals surface area contributed by atoms with Gasteiger partial charge in [0.05, 0.1) is 6.54 Å². The first-order chi connectivity index (χ1) is 8.29. The zero-order valence-electron chi connectivity index (χ0n) is 9.87. The van der Waals surface area contributed by atoms with Crippen molar-refractivity contribution in [3.63, 3.8) is 0 Å². The van der Waals surface area contributed by atoms with Crippen molar-refractivity contribution >= 4 is 11.4 Å². The van der Waals surface area contributed by atoms with Crippen LogP contribution in [0.1, 0.15) is 12.7 Å². The third-order valence-corrected chi connectivity index (χ3v) is 2.59. The predicted molar refractivity (Wildman–Crippen MR) is 69.6 cm³/mol. The average molecular weight is 228 g/mol. The van der Waals surface area contributed by atoms with Crippen LogP contribution in [0.4, 0.5) is 11.4 Å². The van der Waals surface area contributed by atoms with Crippen LogP contribution < -0.4 is 10.6 Å². The minimum absolute atomic E-state index is 0.710. The van der Waals surface area contributed by atoms with Crippen LogP contribution in [-0.2, 0) is 6.54 Å². The van der Waals surface area contributed by atoms with Crippen LogP contribution in [0.2, 0.25) is 0 Å². The van der Waals surface area contributed by atoms with Crippen LogP contribution in [0.3, 0.4) is 0 Å². The standard InChI is InChI=1S/C13H16N4/c1-2-17(10-13-15-8-3-9-16-13)12-6-4-11(14)5-7-12/h3-9H,2,10,14H2,1H3. The van der Waals surface area contributed by atoms with Crippen molar-refractivity contribution in [3.05, 3.63) is 48.5 Å². The highest BCUT2D eigenvalue weighted by molar-refractivity contribution is 5.52. The molecule has 17 heavy (non-hydrogen) atoms. The summed E-state index contributed by atoms with van der Waals surface area (Å²) in [5, 5.41) is 0. The fourth-order valence-electron chi connectivity index (χ4n) is 1.65. The summed E-state index contributed by atoms with van der Waals surface area (Å²) in [7, 11) is 0. The number of hydrogen-bond donors (Lipinski definition) is 1. The summed E-state index contributed by atoms with van der Waals surface area (Å²) in [6.45, 7) is 3.72. The molecule has 0 amide bonds. The summed E-state index contributed by atoms with van der Waals surface area (Å²) in [5.74, 6) is 0.825. The molecule has 0 aliphatic rings. The van der Waals surface area contributed by atoms with Gasteiger partial charge in [0.25, 0.3) is 0 Å². The van der Waals surface area contributed by atoms with E-state index >= 15 is 0 Å². The van der Waals surface area contributed by atoms with E-state index < -0.39 is 0 Å². The molecule has 1 aromatic carbocycles. The maximum Gasteiger partial charge on any atom is 0.147 e. The first-order valence-corrected chi connectivity index (χ1v) is 5.66. The van der Waals surface area contributed by atoms with E-state index in [1.165, 1.54) is 0 Å². The molecule has 0 spiro atoms. The molecule has 4 heteroatoms. The number of benzene rings is 1. The summed E-state index contributed by atoms with van der Waals surface area (Å²) in [4.78, 5) is 10.7. The van der Waals surface area contributed by atoms with E-state index in [0.29, 0.717) is 6.54 Å². The second kappa shape index (κ2) is 5.30. The number of rotatable bonds is 4. The molecule has 2 rings (SSSR count). The lowest BCUT2D eigenvalue weighted by atomic mass is 10.2. The molecular weight excluding hydrogens is 212 g/mol. The fourth-order valence-corrected chi connectivity index (χ4v) is 1.65. The molecule has 0 fully saturated rings. The highest BCUT2D eigenvalue weighted by Crippen LogP contribution is 2.17. The van der Waals surface area contributed by atoms with Crippen LogP contribution in [0.15, 0.2) is 42.7 Å². The van der Waals surface area contributed by atoms with Crippen molar-refractivity contribution in [2.24, 2.45) is 0 Å². The third-order valence-electron chi connectivity index (χ3n) is 2.59. The lowest BCUT2D eigenvalue weighted by molar-refractivity contribution is 0.780. The molecule has 1 heterocycles. The van der Waals surface area contributed by atoms with Gasteiger partial charge in [-0.25, -0.2) is 9.97 Å². The monoisotopic (exact) mass is 228 g/mol. The maximum atomic E-state index is 5.68. The predicted octanol–water partition coefficient (Wildman–Crippen LogP) is 2.09. The van der Waals surface area contributed by atoms with Crippen LogP contribution in [0, 0.1) is 0 Å². The van der Waals surface area contributed by atoms with Crippen molar-refractivity contribution < 1.29 is 0 Å². The molecule has 0 aliphatic carbocycles. The Hall–Kier alpha value is -2.10. The Labute approximate surface area is 101 Å². The highest BCUT2D eigenvalue weighted by Gasteiger charge is 2.06. The first-order valence-electron chi connectivity index (χ1n) is 5.66. The maximum absolute atomic E-state index is 5.68. The number of nitrogen functional groups attached to an aromatic ring is 1. The van der Waals surface area contributed by atoms with Gasteiger partial charge in [0, 0.05) is 30.3 Å². The minimum Gasteiger partial charge on any atom is -0.399 e. The quantitative estimate of drug-likeness (QED) is 0.814. The smallest absolute Gasteiger partial charge is 0.147 e. The van der Waals surface area contributed by atoms with E-state index in [1.807, 2.05) is 30.3 Å². The second-order valence-electron chi connectivity index (χ2n) is 3.77. The molecular formula is C13H16N4. The van der Waals surface area contributed by atoms with E-state index in [4.69, 9.17) is 5.73 Å². The van der Waals surface area contributed by atoms with E-state index in [1.54, 1.807) is 12.4 Å². The average Bonchev–Trinajstić information content (AvgIpc) is 2.38. The van der Waals surface area contributed by atoms with Gasteiger partial charge >= 0.3 is 0 Å². The molecule has 0 radical (unpaired) electrons.